The molecule has 132 valence electrons. The Morgan fingerprint density at radius 2 is 2.17 bits per heavy atom. The predicted molar refractivity (Wildman–Crippen MR) is 91.9 cm³/mol. The molecule has 3 heterocycles. The molecule has 2 N–H and O–H groups in total. The van der Waals surface area contributed by atoms with E-state index in [9.17, 15) is 4.79 Å². The van der Waals surface area contributed by atoms with Crippen LogP contribution in [0.1, 0.15) is 26.2 Å². The van der Waals surface area contributed by atoms with E-state index in [-0.39, 0.29) is 11.3 Å². The molecule has 3 rings (SSSR count). The molecule has 2 fully saturated rings. The Morgan fingerprint density at radius 3 is 2.79 bits per heavy atom. The van der Waals surface area contributed by atoms with Crippen LogP contribution in [0.5, 0.6) is 5.88 Å². The van der Waals surface area contributed by atoms with Gasteiger partial charge in [0.2, 0.25) is 17.7 Å². The van der Waals surface area contributed by atoms with Crippen LogP contribution in [-0.4, -0.2) is 60.6 Å². The van der Waals surface area contributed by atoms with E-state index in [2.05, 4.69) is 21.8 Å². The number of hydrogen-bond acceptors (Lipinski definition) is 6. The maximum Gasteiger partial charge on any atom is 0.228 e. The summed E-state index contributed by atoms with van der Waals surface area (Å²) in [7, 11) is 1.60. The van der Waals surface area contributed by atoms with Crippen LogP contribution in [-0.2, 0) is 4.79 Å². The van der Waals surface area contributed by atoms with Gasteiger partial charge in [0.05, 0.1) is 7.11 Å². The lowest BCUT2D eigenvalue weighted by Crippen LogP contribution is -2.43. The highest BCUT2D eigenvalue weighted by Crippen LogP contribution is 2.31. The van der Waals surface area contributed by atoms with E-state index >= 15 is 0 Å². The molecular formula is C17H27N5O2. The van der Waals surface area contributed by atoms with E-state index in [0.717, 1.165) is 45.4 Å². The Balaban J connectivity index is 1.56. The zero-order valence-corrected chi connectivity index (χ0v) is 14.6. The largest absolute Gasteiger partial charge is 0.481 e. The zero-order valence-electron chi connectivity index (χ0n) is 14.6. The van der Waals surface area contributed by atoms with Crippen molar-refractivity contribution in [1.29, 1.82) is 0 Å². The van der Waals surface area contributed by atoms with E-state index in [1.165, 1.54) is 0 Å². The molecule has 2 aliphatic rings. The fraction of sp³-hybridized carbons (Fsp3) is 0.706. The van der Waals surface area contributed by atoms with Gasteiger partial charge in [-0.05, 0) is 31.2 Å². The van der Waals surface area contributed by atoms with Crippen LogP contribution in [0, 0.1) is 11.3 Å². The molecule has 1 aromatic rings. The first-order valence-corrected chi connectivity index (χ1v) is 8.65. The van der Waals surface area contributed by atoms with Gasteiger partial charge in [0.15, 0.2) is 0 Å². The van der Waals surface area contributed by atoms with E-state index in [1.807, 2.05) is 4.90 Å². The number of nitrogens with zero attached hydrogens (tertiary/aromatic N) is 4. The van der Waals surface area contributed by atoms with Crippen molar-refractivity contribution in [2.75, 3.05) is 44.7 Å². The summed E-state index contributed by atoms with van der Waals surface area (Å²) in [5, 5.41) is 0. The Hall–Kier alpha value is -1.89. The third-order valence-corrected chi connectivity index (χ3v) is 5.32. The number of piperidine rings is 1. The van der Waals surface area contributed by atoms with Gasteiger partial charge in [0.25, 0.3) is 0 Å². The third kappa shape index (κ3) is 3.45. The first kappa shape index (κ1) is 17.0. The average molecular weight is 333 g/mol. The molecule has 1 amide bonds. The van der Waals surface area contributed by atoms with Gasteiger partial charge >= 0.3 is 0 Å². The standard InChI is InChI=1S/C17H27N5O2/c1-17(11-18)6-10-22(12-17)15(23)13-4-8-21(9-5-13)16-19-7-3-14(20-16)24-2/h3,7,13H,4-6,8-12,18H2,1-2H3. The summed E-state index contributed by atoms with van der Waals surface area (Å²) in [5.74, 6) is 1.64. The van der Waals surface area contributed by atoms with Crippen LogP contribution in [0.4, 0.5) is 5.95 Å². The molecule has 0 spiro atoms. The Kier molecular flexibility index (Phi) is 4.89. The third-order valence-electron chi connectivity index (χ3n) is 5.32. The number of aromatic nitrogens is 2. The smallest absolute Gasteiger partial charge is 0.228 e. The van der Waals surface area contributed by atoms with Crippen molar-refractivity contribution in [1.82, 2.24) is 14.9 Å². The summed E-state index contributed by atoms with van der Waals surface area (Å²) in [5.41, 5.74) is 5.93. The molecule has 0 radical (unpaired) electrons. The Labute approximate surface area is 143 Å². The maximum atomic E-state index is 12.8. The van der Waals surface area contributed by atoms with Crippen molar-refractivity contribution in [2.24, 2.45) is 17.1 Å². The highest BCUT2D eigenvalue weighted by atomic mass is 16.5. The molecule has 2 aliphatic heterocycles. The van der Waals surface area contributed by atoms with Crippen molar-refractivity contribution < 1.29 is 9.53 Å². The highest BCUT2D eigenvalue weighted by Gasteiger charge is 2.38. The van der Waals surface area contributed by atoms with E-state index < -0.39 is 0 Å². The topological polar surface area (TPSA) is 84.6 Å². The van der Waals surface area contributed by atoms with E-state index in [4.69, 9.17) is 10.5 Å². The van der Waals surface area contributed by atoms with Crippen LogP contribution < -0.4 is 15.4 Å². The van der Waals surface area contributed by atoms with Crippen molar-refractivity contribution in [2.45, 2.75) is 26.2 Å². The fourth-order valence-electron chi connectivity index (χ4n) is 3.56. The van der Waals surface area contributed by atoms with Gasteiger partial charge in [-0.1, -0.05) is 6.92 Å². The molecule has 24 heavy (non-hydrogen) atoms. The molecule has 2 saturated heterocycles. The van der Waals surface area contributed by atoms with Gasteiger partial charge in [-0.2, -0.15) is 4.98 Å². The van der Waals surface area contributed by atoms with Crippen LogP contribution >= 0.6 is 0 Å². The second-order valence-electron chi connectivity index (χ2n) is 7.18. The summed E-state index contributed by atoms with van der Waals surface area (Å²) >= 11 is 0. The van der Waals surface area contributed by atoms with Crippen molar-refractivity contribution in [3.63, 3.8) is 0 Å². The maximum absolute atomic E-state index is 12.8. The van der Waals surface area contributed by atoms with Crippen LogP contribution in [0.2, 0.25) is 0 Å². The first-order valence-electron chi connectivity index (χ1n) is 8.65. The summed E-state index contributed by atoms with van der Waals surface area (Å²) in [6, 6.07) is 1.74. The molecular weight excluding hydrogens is 306 g/mol. The summed E-state index contributed by atoms with van der Waals surface area (Å²) in [6.45, 7) is 6.04. The minimum atomic E-state index is 0.0881. The van der Waals surface area contributed by atoms with Crippen LogP contribution in [0.25, 0.3) is 0 Å². The molecule has 1 atom stereocenters. The second-order valence-corrected chi connectivity index (χ2v) is 7.18. The number of ether oxygens (including phenoxy) is 1. The van der Waals surface area contributed by atoms with Gasteiger partial charge in [-0.15, -0.1) is 0 Å². The Morgan fingerprint density at radius 1 is 1.42 bits per heavy atom. The minimum absolute atomic E-state index is 0.0881. The van der Waals surface area contributed by atoms with Crippen LogP contribution in [0.3, 0.4) is 0 Å². The molecule has 0 bridgehead atoms. The Bertz CT molecular complexity index is 588. The lowest BCUT2D eigenvalue weighted by molar-refractivity contribution is -0.135. The lowest BCUT2D eigenvalue weighted by atomic mass is 9.90. The number of amides is 1. The molecule has 1 aromatic heterocycles. The van der Waals surface area contributed by atoms with Crippen molar-refractivity contribution >= 4 is 11.9 Å². The average Bonchev–Trinajstić information content (AvgIpc) is 3.04. The monoisotopic (exact) mass is 333 g/mol. The predicted octanol–water partition coefficient (Wildman–Crippen LogP) is 0.899. The molecule has 0 aliphatic carbocycles. The summed E-state index contributed by atoms with van der Waals surface area (Å²) < 4.78 is 5.15. The lowest BCUT2D eigenvalue weighted by Gasteiger charge is -2.33. The number of hydrogen-bond donors (Lipinski definition) is 1. The van der Waals surface area contributed by atoms with Gasteiger partial charge < -0.3 is 20.3 Å². The number of anilines is 1. The number of rotatable bonds is 4. The van der Waals surface area contributed by atoms with Gasteiger partial charge in [0, 0.05) is 44.4 Å². The number of carbonyl (C=O) groups excluding carboxylic acids is 1. The normalized spacial score (nSPS) is 25.1. The summed E-state index contributed by atoms with van der Waals surface area (Å²) in [6.07, 6.45) is 4.40. The highest BCUT2D eigenvalue weighted by molar-refractivity contribution is 5.79. The number of nitrogens with two attached hydrogens (primary N) is 1. The molecule has 0 saturated carbocycles. The van der Waals surface area contributed by atoms with E-state index in [0.29, 0.717) is 24.3 Å². The van der Waals surface area contributed by atoms with Gasteiger partial charge in [-0.3, -0.25) is 4.79 Å². The van der Waals surface area contributed by atoms with Crippen molar-refractivity contribution in [3.8, 4) is 5.88 Å². The fourth-order valence-corrected chi connectivity index (χ4v) is 3.56. The summed E-state index contributed by atoms with van der Waals surface area (Å²) in [4.78, 5) is 25.6. The van der Waals surface area contributed by atoms with Gasteiger partial charge in [-0.25, -0.2) is 4.98 Å². The number of carbonyl (C=O) groups is 1. The molecule has 7 nitrogen and oxygen atoms in total. The first-order chi connectivity index (χ1) is 11.5. The zero-order chi connectivity index (χ0) is 17.2. The number of likely N-dealkylation sites (tertiary alicyclic amines) is 1. The molecule has 1 unspecified atom stereocenters. The quantitative estimate of drug-likeness (QED) is 0.881. The van der Waals surface area contributed by atoms with E-state index in [1.54, 1.807) is 19.4 Å². The van der Waals surface area contributed by atoms with Gasteiger partial charge in [0.1, 0.15) is 0 Å². The molecule has 7 heteroatoms. The second kappa shape index (κ2) is 6.93. The van der Waals surface area contributed by atoms with Crippen molar-refractivity contribution in [3.05, 3.63) is 12.3 Å². The minimum Gasteiger partial charge on any atom is -0.481 e. The number of methoxy groups -OCH3 is 1. The SMILES string of the molecule is COc1ccnc(N2CCC(C(=O)N3CCC(C)(CN)C3)CC2)n1. The van der Waals surface area contributed by atoms with Crippen LogP contribution in [0.15, 0.2) is 12.3 Å². The molecule has 0 aromatic carbocycles.